The van der Waals surface area contributed by atoms with Crippen molar-refractivity contribution < 1.29 is 4.74 Å². The number of thioether (sulfide) groups is 1. The van der Waals surface area contributed by atoms with E-state index in [1.54, 1.807) is 12.4 Å². The van der Waals surface area contributed by atoms with E-state index in [-0.39, 0.29) is 0 Å². The number of benzene rings is 2. The smallest absolute Gasteiger partial charge is 0.195 e. The van der Waals surface area contributed by atoms with Crippen LogP contribution >= 0.6 is 11.8 Å². The normalized spacial score (nSPS) is 10.7. The van der Waals surface area contributed by atoms with Crippen molar-refractivity contribution in [1.29, 1.82) is 0 Å². The molecular formula is C21H18N4OS. The molecule has 0 saturated heterocycles. The molecule has 2 heterocycles. The maximum atomic E-state index is 5.80. The Morgan fingerprint density at radius 3 is 2.37 bits per heavy atom. The Balaban J connectivity index is 1.57. The van der Waals surface area contributed by atoms with Crippen molar-refractivity contribution in [3.8, 4) is 17.1 Å². The fraction of sp³-hybridized carbons (Fsp3) is 0.0952. The van der Waals surface area contributed by atoms with Crippen LogP contribution in [0.3, 0.4) is 0 Å². The number of ether oxygens (including phenoxy) is 1. The fourth-order valence-electron chi connectivity index (χ4n) is 2.68. The summed E-state index contributed by atoms with van der Waals surface area (Å²) in [5.74, 6) is 2.10. The largest absolute Gasteiger partial charge is 0.483 e. The zero-order valence-corrected chi connectivity index (χ0v) is 15.4. The predicted octanol–water partition coefficient (Wildman–Crippen LogP) is 4.52. The van der Waals surface area contributed by atoms with Crippen molar-refractivity contribution in [2.75, 3.05) is 5.94 Å². The molecule has 0 atom stereocenters. The molecule has 0 N–H and O–H groups in total. The zero-order valence-electron chi connectivity index (χ0n) is 14.6. The first-order chi connectivity index (χ1) is 13.4. The summed E-state index contributed by atoms with van der Waals surface area (Å²) in [4.78, 5) is 4.21. The van der Waals surface area contributed by atoms with Gasteiger partial charge in [0.05, 0.1) is 6.54 Å². The summed E-state index contributed by atoms with van der Waals surface area (Å²) in [7, 11) is 0. The van der Waals surface area contributed by atoms with E-state index in [0.29, 0.717) is 12.5 Å². The Kier molecular flexibility index (Phi) is 5.45. The average Bonchev–Trinajstić information content (AvgIpc) is 3.13. The summed E-state index contributed by atoms with van der Waals surface area (Å²) < 4.78 is 7.90. The Hall–Kier alpha value is -3.12. The van der Waals surface area contributed by atoms with Gasteiger partial charge < -0.3 is 4.74 Å². The van der Waals surface area contributed by atoms with Gasteiger partial charge in [-0.25, -0.2) is 0 Å². The van der Waals surface area contributed by atoms with Crippen LogP contribution in [0.15, 0.2) is 90.3 Å². The molecule has 0 aliphatic rings. The van der Waals surface area contributed by atoms with Crippen LogP contribution in [-0.2, 0) is 6.54 Å². The number of aromatic nitrogens is 4. The Bertz CT molecular complexity index is 975. The fourth-order valence-corrected chi connectivity index (χ4v) is 3.39. The van der Waals surface area contributed by atoms with Gasteiger partial charge in [-0.2, -0.15) is 0 Å². The van der Waals surface area contributed by atoms with Crippen LogP contribution in [0.5, 0.6) is 5.75 Å². The number of para-hydroxylation sites is 1. The van der Waals surface area contributed by atoms with Crippen LogP contribution in [0, 0.1) is 0 Å². The number of pyridine rings is 1. The van der Waals surface area contributed by atoms with Gasteiger partial charge >= 0.3 is 0 Å². The van der Waals surface area contributed by atoms with Gasteiger partial charge in [0, 0.05) is 18.0 Å². The number of hydrogen-bond donors (Lipinski definition) is 0. The highest BCUT2D eigenvalue weighted by molar-refractivity contribution is 7.99. The van der Waals surface area contributed by atoms with Crippen LogP contribution in [0.25, 0.3) is 11.4 Å². The molecule has 5 nitrogen and oxygen atoms in total. The SMILES string of the molecule is c1ccc(Cn2c(SCOc3ccccc3)nnc2-c2cccnc2)cc1. The third-order valence-electron chi connectivity index (χ3n) is 3.98. The van der Waals surface area contributed by atoms with E-state index in [2.05, 4.69) is 31.9 Å². The molecule has 0 saturated carbocycles. The second kappa shape index (κ2) is 8.51. The van der Waals surface area contributed by atoms with E-state index in [0.717, 1.165) is 22.3 Å². The maximum absolute atomic E-state index is 5.80. The number of nitrogens with zero attached hydrogens (tertiary/aromatic N) is 4. The topological polar surface area (TPSA) is 52.8 Å². The highest BCUT2D eigenvalue weighted by Crippen LogP contribution is 2.25. The molecule has 0 bridgehead atoms. The van der Waals surface area contributed by atoms with Crippen molar-refractivity contribution in [1.82, 2.24) is 19.7 Å². The highest BCUT2D eigenvalue weighted by atomic mass is 32.2. The zero-order chi connectivity index (χ0) is 18.3. The standard InChI is InChI=1S/C21H18N4OS/c1-3-8-17(9-4-1)15-25-20(18-10-7-13-22-14-18)23-24-21(25)27-16-26-19-11-5-2-6-12-19/h1-14H,15-16H2. The lowest BCUT2D eigenvalue weighted by Gasteiger charge is -2.11. The molecule has 0 radical (unpaired) electrons. The molecule has 2 aromatic carbocycles. The minimum absolute atomic E-state index is 0.462. The van der Waals surface area contributed by atoms with Crippen LogP contribution in [0.2, 0.25) is 0 Å². The van der Waals surface area contributed by atoms with Gasteiger partial charge in [-0.3, -0.25) is 9.55 Å². The van der Waals surface area contributed by atoms with Crippen molar-refractivity contribution in [3.05, 3.63) is 90.8 Å². The number of rotatable bonds is 7. The van der Waals surface area contributed by atoms with E-state index in [1.165, 1.54) is 17.3 Å². The van der Waals surface area contributed by atoms with Crippen molar-refractivity contribution >= 4 is 11.8 Å². The second-order valence-electron chi connectivity index (χ2n) is 5.84. The van der Waals surface area contributed by atoms with E-state index in [9.17, 15) is 0 Å². The first-order valence-electron chi connectivity index (χ1n) is 8.58. The minimum atomic E-state index is 0.462. The van der Waals surface area contributed by atoms with Crippen LogP contribution < -0.4 is 4.74 Å². The monoisotopic (exact) mass is 374 g/mol. The molecule has 27 heavy (non-hydrogen) atoms. The Morgan fingerprint density at radius 1 is 0.852 bits per heavy atom. The van der Waals surface area contributed by atoms with E-state index >= 15 is 0 Å². The molecule has 6 heteroatoms. The van der Waals surface area contributed by atoms with Gasteiger partial charge in [0.15, 0.2) is 11.0 Å². The summed E-state index contributed by atoms with van der Waals surface area (Å²) in [6, 6.07) is 23.9. The van der Waals surface area contributed by atoms with E-state index in [4.69, 9.17) is 4.74 Å². The van der Waals surface area contributed by atoms with Gasteiger partial charge in [-0.15, -0.1) is 10.2 Å². The predicted molar refractivity (Wildman–Crippen MR) is 107 cm³/mol. The summed E-state index contributed by atoms with van der Waals surface area (Å²) in [6.07, 6.45) is 3.56. The maximum Gasteiger partial charge on any atom is 0.195 e. The van der Waals surface area contributed by atoms with Gasteiger partial charge in [-0.05, 0) is 41.6 Å². The minimum Gasteiger partial charge on any atom is -0.483 e. The molecule has 0 spiro atoms. The van der Waals surface area contributed by atoms with Gasteiger partial charge in [0.25, 0.3) is 0 Å². The van der Waals surface area contributed by atoms with Crippen molar-refractivity contribution in [3.63, 3.8) is 0 Å². The molecule has 0 amide bonds. The van der Waals surface area contributed by atoms with Gasteiger partial charge in [-0.1, -0.05) is 48.5 Å². The Morgan fingerprint density at radius 2 is 1.63 bits per heavy atom. The third-order valence-corrected chi connectivity index (χ3v) is 4.77. The first kappa shape index (κ1) is 17.3. The quantitative estimate of drug-likeness (QED) is 0.352. The lowest BCUT2D eigenvalue weighted by molar-refractivity contribution is 0.392. The summed E-state index contributed by atoms with van der Waals surface area (Å²) in [5, 5.41) is 9.61. The molecule has 0 fully saturated rings. The third kappa shape index (κ3) is 4.35. The van der Waals surface area contributed by atoms with Gasteiger partial charge in [0.2, 0.25) is 0 Å². The molecule has 134 valence electrons. The molecule has 2 aromatic heterocycles. The molecular weight excluding hydrogens is 356 g/mol. The summed E-state index contributed by atoms with van der Waals surface area (Å²) in [6.45, 7) is 0.686. The Labute approximate surface area is 162 Å². The average molecular weight is 374 g/mol. The second-order valence-corrected chi connectivity index (χ2v) is 6.73. The van der Waals surface area contributed by atoms with E-state index < -0.39 is 0 Å². The van der Waals surface area contributed by atoms with Crippen molar-refractivity contribution in [2.24, 2.45) is 0 Å². The van der Waals surface area contributed by atoms with Crippen LogP contribution in [0.4, 0.5) is 0 Å². The molecule has 0 aliphatic carbocycles. The molecule has 4 rings (SSSR count). The summed E-state index contributed by atoms with van der Waals surface area (Å²) in [5.41, 5.74) is 2.13. The van der Waals surface area contributed by atoms with E-state index in [1.807, 2.05) is 60.7 Å². The van der Waals surface area contributed by atoms with Crippen LogP contribution in [-0.4, -0.2) is 25.7 Å². The van der Waals surface area contributed by atoms with Gasteiger partial charge in [0.1, 0.15) is 11.7 Å². The molecule has 4 aromatic rings. The lowest BCUT2D eigenvalue weighted by atomic mass is 10.2. The number of hydrogen-bond acceptors (Lipinski definition) is 5. The van der Waals surface area contributed by atoms with Crippen molar-refractivity contribution in [2.45, 2.75) is 11.7 Å². The molecule has 0 aliphatic heterocycles. The van der Waals surface area contributed by atoms with Crippen LogP contribution in [0.1, 0.15) is 5.56 Å². The molecule has 0 unspecified atom stereocenters. The summed E-state index contributed by atoms with van der Waals surface area (Å²) >= 11 is 1.52. The highest BCUT2D eigenvalue weighted by Gasteiger charge is 2.15. The first-order valence-corrected chi connectivity index (χ1v) is 9.57. The lowest BCUT2D eigenvalue weighted by Crippen LogP contribution is -2.05.